The van der Waals surface area contributed by atoms with E-state index >= 15 is 0 Å². The van der Waals surface area contributed by atoms with Gasteiger partial charge in [-0.05, 0) is 47.2 Å². The van der Waals surface area contributed by atoms with Crippen molar-refractivity contribution >= 4 is 16.9 Å². The molecule has 0 bridgehead atoms. The summed E-state index contributed by atoms with van der Waals surface area (Å²) in [5, 5.41) is 0.876. The normalized spacial score (nSPS) is 11.7. The molecule has 4 aromatic rings. The molecule has 0 spiro atoms. The SMILES string of the molecule is CCOC(=O)c1c(-c2ccc(C(C)(C)C)cc2)c2ccccc2n1Cc1cc(F)cc(F)c1. The van der Waals surface area contributed by atoms with Gasteiger partial charge in [-0.1, -0.05) is 63.2 Å². The molecule has 0 fully saturated rings. The topological polar surface area (TPSA) is 31.2 Å². The summed E-state index contributed by atoms with van der Waals surface area (Å²) in [5.74, 6) is -1.78. The molecule has 0 saturated carbocycles. The van der Waals surface area contributed by atoms with E-state index in [1.807, 2.05) is 36.4 Å². The highest BCUT2D eigenvalue weighted by molar-refractivity contribution is 6.08. The van der Waals surface area contributed by atoms with Crippen molar-refractivity contribution in [3.8, 4) is 11.1 Å². The standard InChI is InChI=1S/C28H27F2NO2/c1-5-33-27(32)26-25(19-10-12-20(13-11-19)28(2,3)4)23-8-6-7-9-24(23)31(26)17-18-14-21(29)16-22(30)15-18/h6-16H,5,17H2,1-4H3. The van der Waals surface area contributed by atoms with Gasteiger partial charge in [0.05, 0.1) is 6.61 Å². The number of carbonyl (C=O) groups is 1. The predicted molar refractivity (Wildman–Crippen MR) is 127 cm³/mol. The first-order valence-electron chi connectivity index (χ1n) is 11.0. The van der Waals surface area contributed by atoms with Crippen molar-refractivity contribution in [3.63, 3.8) is 0 Å². The lowest BCUT2D eigenvalue weighted by Gasteiger charge is -2.19. The number of fused-ring (bicyclic) bond motifs is 1. The molecule has 0 N–H and O–H groups in total. The summed E-state index contributed by atoms with van der Waals surface area (Å²) in [6, 6.07) is 19.2. The number of esters is 1. The fourth-order valence-corrected chi connectivity index (χ4v) is 4.19. The number of aromatic nitrogens is 1. The Kier molecular flexibility index (Phi) is 6.07. The van der Waals surface area contributed by atoms with E-state index in [0.717, 1.165) is 28.1 Å². The van der Waals surface area contributed by atoms with Crippen LogP contribution in [0.25, 0.3) is 22.0 Å². The number of hydrogen-bond acceptors (Lipinski definition) is 2. The highest BCUT2D eigenvalue weighted by atomic mass is 19.1. The molecule has 4 rings (SSSR count). The van der Waals surface area contributed by atoms with E-state index in [9.17, 15) is 13.6 Å². The number of para-hydroxylation sites is 1. The van der Waals surface area contributed by atoms with Gasteiger partial charge in [0.25, 0.3) is 0 Å². The second-order valence-corrected chi connectivity index (χ2v) is 9.15. The van der Waals surface area contributed by atoms with E-state index in [1.165, 1.54) is 17.7 Å². The summed E-state index contributed by atoms with van der Waals surface area (Å²) in [4.78, 5) is 13.2. The van der Waals surface area contributed by atoms with Crippen LogP contribution in [0.4, 0.5) is 8.78 Å². The van der Waals surface area contributed by atoms with E-state index in [4.69, 9.17) is 4.74 Å². The summed E-state index contributed by atoms with van der Waals surface area (Å²) in [6.45, 7) is 8.55. The maximum absolute atomic E-state index is 13.9. The van der Waals surface area contributed by atoms with Gasteiger partial charge >= 0.3 is 5.97 Å². The molecule has 0 aliphatic carbocycles. The van der Waals surface area contributed by atoms with Crippen molar-refractivity contribution < 1.29 is 18.3 Å². The molecule has 1 heterocycles. The molecule has 0 amide bonds. The summed E-state index contributed by atoms with van der Waals surface area (Å²) < 4.78 is 35.0. The van der Waals surface area contributed by atoms with Crippen LogP contribution >= 0.6 is 0 Å². The van der Waals surface area contributed by atoms with Crippen LogP contribution in [0.1, 0.15) is 49.3 Å². The Labute approximate surface area is 192 Å². The minimum absolute atomic E-state index is 0.00203. The average Bonchev–Trinajstić information content (AvgIpc) is 3.07. The van der Waals surface area contributed by atoms with Gasteiger partial charge in [0.1, 0.15) is 17.3 Å². The zero-order valence-corrected chi connectivity index (χ0v) is 19.3. The van der Waals surface area contributed by atoms with E-state index in [2.05, 4.69) is 32.9 Å². The van der Waals surface area contributed by atoms with E-state index in [1.54, 1.807) is 11.5 Å². The molecule has 0 atom stereocenters. The fraction of sp³-hybridized carbons (Fsp3) is 0.250. The van der Waals surface area contributed by atoms with Gasteiger partial charge in [-0.2, -0.15) is 0 Å². The Morgan fingerprint density at radius 3 is 2.18 bits per heavy atom. The number of benzene rings is 3. The molecule has 3 aromatic carbocycles. The quantitative estimate of drug-likeness (QED) is 0.305. The Morgan fingerprint density at radius 2 is 1.58 bits per heavy atom. The smallest absolute Gasteiger partial charge is 0.355 e. The van der Waals surface area contributed by atoms with Gasteiger partial charge in [-0.15, -0.1) is 0 Å². The number of halogens is 2. The zero-order valence-electron chi connectivity index (χ0n) is 19.3. The van der Waals surface area contributed by atoms with E-state index < -0.39 is 17.6 Å². The third kappa shape index (κ3) is 4.54. The first kappa shape index (κ1) is 22.7. The van der Waals surface area contributed by atoms with Crippen LogP contribution in [0, 0.1) is 11.6 Å². The fourth-order valence-electron chi connectivity index (χ4n) is 4.19. The van der Waals surface area contributed by atoms with Crippen LogP contribution in [0.5, 0.6) is 0 Å². The summed E-state index contributed by atoms with van der Waals surface area (Å²) in [5.41, 5.74) is 4.40. The van der Waals surface area contributed by atoms with Crippen LogP contribution in [0.15, 0.2) is 66.7 Å². The van der Waals surface area contributed by atoms with Crippen LogP contribution in [-0.4, -0.2) is 17.1 Å². The first-order chi connectivity index (χ1) is 15.7. The van der Waals surface area contributed by atoms with Gasteiger partial charge in [-0.3, -0.25) is 0 Å². The third-order valence-corrected chi connectivity index (χ3v) is 5.74. The molecule has 0 aliphatic heterocycles. The Bertz CT molecular complexity index is 1290. The number of nitrogens with zero attached hydrogens (tertiary/aromatic N) is 1. The summed E-state index contributed by atoms with van der Waals surface area (Å²) in [7, 11) is 0. The molecule has 0 radical (unpaired) electrons. The van der Waals surface area contributed by atoms with Gasteiger partial charge < -0.3 is 9.30 Å². The number of ether oxygens (including phenoxy) is 1. The molecule has 3 nitrogen and oxygen atoms in total. The molecule has 1 aromatic heterocycles. The van der Waals surface area contributed by atoms with Crippen molar-refractivity contribution in [2.45, 2.75) is 39.7 Å². The van der Waals surface area contributed by atoms with Gasteiger partial charge in [0, 0.05) is 29.1 Å². The largest absolute Gasteiger partial charge is 0.461 e. The Balaban J connectivity index is 1.96. The van der Waals surface area contributed by atoms with Gasteiger partial charge in [0.2, 0.25) is 0 Å². The van der Waals surface area contributed by atoms with Crippen LogP contribution in [-0.2, 0) is 16.7 Å². The van der Waals surface area contributed by atoms with Crippen molar-refractivity contribution in [2.75, 3.05) is 6.61 Å². The van der Waals surface area contributed by atoms with Crippen molar-refractivity contribution in [2.24, 2.45) is 0 Å². The van der Waals surface area contributed by atoms with E-state index in [0.29, 0.717) is 11.3 Å². The highest BCUT2D eigenvalue weighted by Gasteiger charge is 2.25. The molecular formula is C28H27F2NO2. The lowest BCUT2D eigenvalue weighted by atomic mass is 9.86. The zero-order chi connectivity index (χ0) is 23.8. The first-order valence-corrected chi connectivity index (χ1v) is 11.0. The van der Waals surface area contributed by atoms with Crippen molar-refractivity contribution in [3.05, 3.63) is 95.2 Å². The summed E-state index contributed by atoms with van der Waals surface area (Å²) >= 11 is 0. The Morgan fingerprint density at radius 1 is 0.939 bits per heavy atom. The monoisotopic (exact) mass is 447 g/mol. The minimum atomic E-state index is -0.655. The molecule has 170 valence electrons. The van der Waals surface area contributed by atoms with Gasteiger partial charge in [-0.25, -0.2) is 13.6 Å². The van der Waals surface area contributed by atoms with Gasteiger partial charge in [0.15, 0.2) is 0 Å². The van der Waals surface area contributed by atoms with Crippen LogP contribution in [0.2, 0.25) is 0 Å². The molecule has 0 aliphatic rings. The number of carbonyl (C=O) groups excluding carboxylic acids is 1. The van der Waals surface area contributed by atoms with Crippen LogP contribution in [0.3, 0.4) is 0 Å². The minimum Gasteiger partial charge on any atom is -0.461 e. The maximum Gasteiger partial charge on any atom is 0.355 e. The lowest BCUT2D eigenvalue weighted by molar-refractivity contribution is 0.0516. The van der Waals surface area contributed by atoms with Crippen molar-refractivity contribution in [1.29, 1.82) is 0 Å². The molecular weight excluding hydrogens is 420 g/mol. The Hall–Kier alpha value is -3.47. The second-order valence-electron chi connectivity index (χ2n) is 9.15. The third-order valence-electron chi connectivity index (χ3n) is 5.74. The molecule has 5 heteroatoms. The number of hydrogen-bond donors (Lipinski definition) is 0. The van der Waals surface area contributed by atoms with Crippen LogP contribution < -0.4 is 0 Å². The highest BCUT2D eigenvalue weighted by Crippen LogP contribution is 2.37. The lowest BCUT2D eigenvalue weighted by Crippen LogP contribution is -2.14. The summed E-state index contributed by atoms with van der Waals surface area (Å²) in [6.07, 6.45) is 0. The molecule has 0 saturated heterocycles. The predicted octanol–water partition coefficient (Wildman–Crippen LogP) is 7.11. The van der Waals surface area contributed by atoms with E-state index in [-0.39, 0.29) is 18.6 Å². The number of rotatable bonds is 5. The second kappa shape index (κ2) is 8.81. The van der Waals surface area contributed by atoms with Crippen molar-refractivity contribution in [1.82, 2.24) is 4.57 Å². The molecule has 0 unspecified atom stereocenters. The molecule has 33 heavy (non-hydrogen) atoms. The maximum atomic E-state index is 13.9. The average molecular weight is 448 g/mol.